The van der Waals surface area contributed by atoms with Crippen molar-refractivity contribution >= 4 is 17.5 Å². The van der Waals surface area contributed by atoms with Gasteiger partial charge in [-0.2, -0.15) is 0 Å². The molecule has 2 rings (SSSR count). The Hall–Kier alpha value is -2.04. The number of hydrogen-bond donors (Lipinski definition) is 2. The summed E-state index contributed by atoms with van der Waals surface area (Å²) in [6, 6.07) is 14.5. The van der Waals surface area contributed by atoms with Gasteiger partial charge >= 0.3 is 0 Å². The zero-order chi connectivity index (χ0) is 16.7. The third-order valence-corrected chi connectivity index (χ3v) is 3.80. The Morgan fingerprint density at radius 1 is 1.17 bits per heavy atom. The van der Waals surface area contributed by atoms with Gasteiger partial charge in [0, 0.05) is 18.0 Å². The van der Waals surface area contributed by atoms with Gasteiger partial charge in [-0.1, -0.05) is 35.9 Å². The van der Waals surface area contributed by atoms with Crippen molar-refractivity contribution in [3.8, 4) is 5.75 Å². The molecular formula is C18H20ClNO3. The Bertz CT molecular complexity index is 626. The first-order valence-electron chi connectivity index (χ1n) is 7.41. The van der Waals surface area contributed by atoms with Crippen molar-refractivity contribution in [1.29, 1.82) is 0 Å². The predicted octanol–water partition coefficient (Wildman–Crippen LogP) is 3.13. The highest BCUT2D eigenvalue weighted by molar-refractivity contribution is 6.30. The van der Waals surface area contributed by atoms with Crippen LogP contribution in [0.3, 0.4) is 0 Å². The lowest BCUT2D eigenvalue weighted by molar-refractivity contribution is -0.121. The largest absolute Gasteiger partial charge is 0.497 e. The average Bonchev–Trinajstić information content (AvgIpc) is 2.59. The fourth-order valence-electron chi connectivity index (χ4n) is 2.15. The topological polar surface area (TPSA) is 58.6 Å². The van der Waals surface area contributed by atoms with Gasteiger partial charge in [0.05, 0.1) is 13.2 Å². The predicted molar refractivity (Wildman–Crippen MR) is 90.7 cm³/mol. The number of hydrogen-bond acceptors (Lipinski definition) is 3. The summed E-state index contributed by atoms with van der Waals surface area (Å²) in [6.45, 7) is 0.184. The number of aryl methyl sites for hydroxylation is 1. The van der Waals surface area contributed by atoms with Crippen LogP contribution in [0.25, 0.3) is 0 Å². The minimum Gasteiger partial charge on any atom is -0.497 e. The van der Waals surface area contributed by atoms with Crippen LogP contribution in [-0.2, 0) is 11.2 Å². The van der Waals surface area contributed by atoms with Crippen LogP contribution in [-0.4, -0.2) is 24.7 Å². The van der Waals surface area contributed by atoms with Crippen LogP contribution in [0.1, 0.15) is 23.7 Å². The SMILES string of the molecule is COc1ccc(CCC(=O)NCC(O)c2ccc(Cl)cc2)cc1. The van der Waals surface area contributed by atoms with Gasteiger partial charge in [0.1, 0.15) is 5.75 Å². The van der Waals surface area contributed by atoms with E-state index < -0.39 is 6.10 Å². The zero-order valence-corrected chi connectivity index (χ0v) is 13.7. The number of halogens is 1. The van der Waals surface area contributed by atoms with Crippen molar-refractivity contribution in [2.45, 2.75) is 18.9 Å². The highest BCUT2D eigenvalue weighted by atomic mass is 35.5. The fourth-order valence-corrected chi connectivity index (χ4v) is 2.28. The Balaban J connectivity index is 1.74. The number of benzene rings is 2. The summed E-state index contributed by atoms with van der Waals surface area (Å²) >= 11 is 5.80. The third-order valence-electron chi connectivity index (χ3n) is 3.55. The molecule has 23 heavy (non-hydrogen) atoms. The molecule has 4 nitrogen and oxygen atoms in total. The molecule has 0 fully saturated rings. The second-order valence-corrected chi connectivity index (χ2v) is 5.66. The molecule has 1 atom stereocenters. The molecule has 0 radical (unpaired) electrons. The Morgan fingerprint density at radius 2 is 1.83 bits per heavy atom. The Labute approximate surface area is 141 Å². The Morgan fingerprint density at radius 3 is 2.43 bits per heavy atom. The summed E-state index contributed by atoms with van der Waals surface area (Å²) in [7, 11) is 1.62. The molecule has 0 heterocycles. The number of aliphatic hydroxyl groups excluding tert-OH is 1. The number of nitrogens with one attached hydrogen (secondary N) is 1. The fraction of sp³-hybridized carbons (Fsp3) is 0.278. The number of carbonyl (C=O) groups is 1. The van der Waals surface area contributed by atoms with Crippen LogP contribution in [0.15, 0.2) is 48.5 Å². The van der Waals surface area contributed by atoms with Crippen LogP contribution in [0.5, 0.6) is 5.75 Å². The van der Waals surface area contributed by atoms with Crippen molar-refractivity contribution in [2.24, 2.45) is 0 Å². The van der Waals surface area contributed by atoms with E-state index in [2.05, 4.69) is 5.32 Å². The van der Waals surface area contributed by atoms with Gasteiger partial charge in [0.2, 0.25) is 5.91 Å². The molecule has 2 aromatic carbocycles. The molecule has 122 valence electrons. The maximum absolute atomic E-state index is 11.9. The maximum Gasteiger partial charge on any atom is 0.220 e. The van der Waals surface area contributed by atoms with Gasteiger partial charge in [-0.25, -0.2) is 0 Å². The lowest BCUT2D eigenvalue weighted by atomic mass is 10.1. The standard InChI is InChI=1S/C18H20ClNO3/c1-23-16-9-2-13(3-10-16)4-11-18(22)20-12-17(21)14-5-7-15(19)8-6-14/h2-3,5-10,17,21H,4,11-12H2,1H3,(H,20,22). The molecule has 5 heteroatoms. The van der Waals surface area contributed by atoms with Gasteiger partial charge in [0.25, 0.3) is 0 Å². The number of aliphatic hydroxyl groups is 1. The lowest BCUT2D eigenvalue weighted by Gasteiger charge is -2.12. The van der Waals surface area contributed by atoms with Gasteiger partial charge in [-0.3, -0.25) is 4.79 Å². The third kappa shape index (κ3) is 5.58. The maximum atomic E-state index is 11.9. The second kappa shape index (κ2) is 8.56. The average molecular weight is 334 g/mol. The molecule has 2 N–H and O–H groups in total. The van der Waals surface area contributed by atoms with Gasteiger partial charge in [0.15, 0.2) is 0 Å². The number of ether oxygens (including phenoxy) is 1. The first kappa shape index (κ1) is 17.3. The molecule has 1 amide bonds. The van der Waals surface area contributed by atoms with Gasteiger partial charge in [-0.15, -0.1) is 0 Å². The number of methoxy groups -OCH3 is 1. The molecule has 0 aliphatic heterocycles. The molecule has 0 aliphatic carbocycles. The van der Waals surface area contributed by atoms with Crippen molar-refractivity contribution in [3.63, 3.8) is 0 Å². The van der Waals surface area contributed by atoms with Gasteiger partial charge in [-0.05, 0) is 41.8 Å². The smallest absolute Gasteiger partial charge is 0.220 e. The quantitative estimate of drug-likeness (QED) is 0.818. The molecule has 0 saturated carbocycles. The molecule has 0 aliphatic rings. The number of carbonyl (C=O) groups excluding carboxylic acids is 1. The summed E-state index contributed by atoms with van der Waals surface area (Å²) in [4.78, 5) is 11.9. The molecular weight excluding hydrogens is 314 g/mol. The first-order valence-corrected chi connectivity index (χ1v) is 7.79. The molecule has 2 aromatic rings. The van der Waals surface area contributed by atoms with Gasteiger partial charge < -0.3 is 15.2 Å². The van der Waals surface area contributed by atoms with Crippen molar-refractivity contribution in [3.05, 3.63) is 64.7 Å². The normalized spacial score (nSPS) is 11.8. The summed E-state index contributed by atoms with van der Waals surface area (Å²) < 4.78 is 5.09. The monoisotopic (exact) mass is 333 g/mol. The van der Waals surface area contributed by atoms with E-state index in [9.17, 15) is 9.90 Å². The van der Waals surface area contributed by atoms with Crippen LogP contribution in [0, 0.1) is 0 Å². The highest BCUT2D eigenvalue weighted by Gasteiger charge is 2.09. The number of amides is 1. The van der Waals surface area contributed by atoms with E-state index in [4.69, 9.17) is 16.3 Å². The molecule has 1 unspecified atom stereocenters. The Kier molecular flexibility index (Phi) is 6.44. The lowest BCUT2D eigenvalue weighted by Crippen LogP contribution is -2.28. The minimum absolute atomic E-state index is 0.0890. The van der Waals surface area contributed by atoms with Crippen molar-refractivity contribution < 1.29 is 14.6 Å². The van der Waals surface area contributed by atoms with E-state index in [0.717, 1.165) is 16.9 Å². The second-order valence-electron chi connectivity index (χ2n) is 5.22. The zero-order valence-electron chi connectivity index (χ0n) is 13.0. The van der Waals surface area contributed by atoms with E-state index in [0.29, 0.717) is 17.9 Å². The number of rotatable bonds is 7. The van der Waals surface area contributed by atoms with Crippen LogP contribution < -0.4 is 10.1 Å². The van der Waals surface area contributed by atoms with Crippen LogP contribution in [0.2, 0.25) is 5.02 Å². The van der Waals surface area contributed by atoms with E-state index in [1.807, 2.05) is 24.3 Å². The van der Waals surface area contributed by atoms with E-state index in [1.165, 1.54) is 0 Å². The van der Waals surface area contributed by atoms with E-state index in [-0.39, 0.29) is 12.5 Å². The van der Waals surface area contributed by atoms with Crippen molar-refractivity contribution in [1.82, 2.24) is 5.32 Å². The molecule has 0 aromatic heterocycles. The first-order chi connectivity index (χ1) is 11.1. The summed E-state index contributed by atoms with van der Waals surface area (Å²) in [5.74, 6) is 0.707. The van der Waals surface area contributed by atoms with E-state index >= 15 is 0 Å². The van der Waals surface area contributed by atoms with Crippen LogP contribution >= 0.6 is 11.6 Å². The summed E-state index contributed by atoms with van der Waals surface area (Å²) in [6.07, 6.45) is 0.282. The minimum atomic E-state index is -0.739. The highest BCUT2D eigenvalue weighted by Crippen LogP contribution is 2.16. The summed E-state index contributed by atoms with van der Waals surface area (Å²) in [5.41, 5.74) is 1.80. The molecule has 0 saturated heterocycles. The molecule has 0 spiro atoms. The summed E-state index contributed by atoms with van der Waals surface area (Å²) in [5, 5.41) is 13.4. The molecule has 0 bridgehead atoms. The van der Waals surface area contributed by atoms with Crippen LogP contribution in [0.4, 0.5) is 0 Å². The van der Waals surface area contributed by atoms with Crippen molar-refractivity contribution in [2.75, 3.05) is 13.7 Å². The van der Waals surface area contributed by atoms with E-state index in [1.54, 1.807) is 31.4 Å².